The lowest BCUT2D eigenvalue weighted by Crippen LogP contribution is -2.54. The summed E-state index contributed by atoms with van der Waals surface area (Å²) >= 11 is 1.86. The third kappa shape index (κ3) is 4.56. The van der Waals surface area contributed by atoms with Gasteiger partial charge in [0, 0.05) is 50.7 Å². The number of nitrogens with one attached hydrogen (secondary N) is 1. The molecule has 0 unspecified atom stereocenters. The number of guanidine groups is 1. The molecule has 0 bridgehead atoms. The molecule has 1 N–H and O–H groups in total. The van der Waals surface area contributed by atoms with Crippen LogP contribution in [-0.2, 0) is 6.54 Å². The Balaban J connectivity index is 0.00000161. The minimum atomic E-state index is 0. The molecule has 2 heterocycles. The minimum Gasteiger partial charge on any atom is -0.354 e. The molecule has 1 aromatic heterocycles. The zero-order valence-electron chi connectivity index (χ0n) is 12.6. The van der Waals surface area contributed by atoms with Crippen LogP contribution < -0.4 is 5.32 Å². The Morgan fingerprint density at radius 3 is 2.62 bits per heavy atom. The molecule has 0 radical (unpaired) electrons. The van der Waals surface area contributed by atoms with E-state index in [0.29, 0.717) is 6.04 Å². The van der Waals surface area contributed by atoms with Crippen molar-refractivity contribution in [1.82, 2.24) is 15.1 Å². The molecular weight excluding hydrogens is 395 g/mol. The third-order valence-corrected chi connectivity index (χ3v) is 5.14. The third-order valence-electron chi connectivity index (χ3n) is 4.28. The van der Waals surface area contributed by atoms with Crippen LogP contribution in [0.2, 0.25) is 0 Å². The lowest BCUT2D eigenvalue weighted by Gasteiger charge is -2.38. The summed E-state index contributed by atoms with van der Waals surface area (Å²) in [5.41, 5.74) is 0. The monoisotopic (exact) mass is 420 g/mol. The van der Waals surface area contributed by atoms with Crippen molar-refractivity contribution in [2.75, 3.05) is 33.2 Å². The zero-order chi connectivity index (χ0) is 13.8. The van der Waals surface area contributed by atoms with Gasteiger partial charge in [-0.05, 0) is 30.7 Å². The van der Waals surface area contributed by atoms with Crippen LogP contribution in [0.1, 0.15) is 24.1 Å². The Morgan fingerprint density at radius 2 is 2.10 bits per heavy atom. The fourth-order valence-corrected chi connectivity index (χ4v) is 3.52. The van der Waals surface area contributed by atoms with Crippen LogP contribution in [0.4, 0.5) is 0 Å². The average molecular weight is 420 g/mol. The van der Waals surface area contributed by atoms with Crippen LogP contribution >= 0.6 is 35.3 Å². The summed E-state index contributed by atoms with van der Waals surface area (Å²) in [5, 5.41) is 5.76. The number of hydrogen-bond donors (Lipinski definition) is 1. The van der Waals surface area contributed by atoms with Crippen molar-refractivity contribution in [3.05, 3.63) is 22.4 Å². The molecule has 0 amide bonds. The summed E-state index contributed by atoms with van der Waals surface area (Å²) in [4.78, 5) is 10.9. The standard InChI is InChI=1S/C15H24N4S.HI/c1-16-15(17-13-4-2-5-13)19-9-7-18(8-10-19)12-14-6-3-11-20-14;/h3,6,11,13H,2,4-5,7-10,12H2,1H3,(H,16,17);1H. The Hall–Kier alpha value is -0.340. The van der Waals surface area contributed by atoms with Crippen LogP contribution in [-0.4, -0.2) is 55.0 Å². The first kappa shape index (κ1) is 17.0. The molecule has 2 aliphatic rings. The van der Waals surface area contributed by atoms with Crippen LogP contribution in [0.15, 0.2) is 22.5 Å². The molecule has 118 valence electrons. The van der Waals surface area contributed by atoms with E-state index in [1.807, 2.05) is 18.4 Å². The Labute approximate surface area is 148 Å². The van der Waals surface area contributed by atoms with E-state index in [1.54, 1.807) is 0 Å². The summed E-state index contributed by atoms with van der Waals surface area (Å²) in [5.74, 6) is 1.10. The van der Waals surface area contributed by atoms with Crippen LogP contribution in [0, 0.1) is 0 Å². The second-order valence-electron chi connectivity index (χ2n) is 5.66. The number of piperazine rings is 1. The minimum absolute atomic E-state index is 0. The van der Waals surface area contributed by atoms with Gasteiger partial charge in [-0.25, -0.2) is 0 Å². The van der Waals surface area contributed by atoms with Gasteiger partial charge in [0.05, 0.1) is 0 Å². The molecule has 3 rings (SSSR count). The van der Waals surface area contributed by atoms with E-state index >= 15 is 0 Å². The number of hydrogen-bond acceptors (Lipinski definition) is 3. The van der Waals surface area contributed by atoms with Crippen molar-refractivity contribution in [2.24, 2.45) is 4.99 Å². The molecule has 0 aromatic carbocycles. The number of aliphatic imine (C=N–C) groups is 1. The molecule has 0 atom stereocenters. The lowest BCUT2D eigenvalue weighted by molar-refractivity contribution is 0.171. The van der Waals surface area contributed by atoms with Crippen molar-refractivity contribution in [3.63, 3.8) is 0 Å². The van der Waals surface area contributed by atoms with E-state index in [4.69, 9.17) is 0 Å². The summed E-state index contributed by atoms with van der Waals surface area (Å²) in [6, 6.07) is 5.03. The molecule has 2 fully saturated rings. The maximum atomic E-state index is 4.45. The van der Waals surface area contributed by atoms with E-state index in [2.05, 4.69) is 37.6 Å². The number of halogens is 1. The molecule has 1 aliphatic carbocycles. The first-order valence-corrected chi connectivity index (χ1v) is 8.46. The number of thiophene rings is 1. The first-order valence-electron chi connectivity index (χ1n) is 7.58. The smallest absolute Gasteiger partial charge is 0.193 e. The van der Waals surface area contributed by atoms with Gasteiger partial charge in [-0.2, -0.15) is 0 Å². The molecule has 1 aromatic rings. The molecule has 1 saturated heterocycles. The van der Waals surface area contributed by atoms with Gasteiger partial charge in [-0.3, -0.25) is 9.89 Å². The van der Waals surface area contributed by atoms with Crippen LogP contribution in [0.3, 0.4) is 0 Å². The predicted molar refractivity (Wildman–Crippen MR) is 101 cm³/mol. The highest BCUT2D eigenvalue weighted by molar-refractivity contribution is 14.0. The Kier molecular flexibility index (Phi) is 6.75. The molecule has 4 nitrogen and oxygen atoms in total. The largest absolute Gasteiger partial charge is 0.354 e. The molecule has 1 aliphatic heterocycles. The van der Waals surface area contributed by atoms with Crippen molar-refractivity contribution < 1.29 is 0 Å². The van der Waals surface area contributed by atoms with E-state index < -0.39 is 0 Å². The molecule has 6 heteroatoms. The molecule has 1 saturated carbocycles. The molecular formula is C15H25IN4S. The average Bonchev–Trinajstić information content (AvgIpc) is 2.92. The summed E-state index contributed by atoms with van der Waals surface area (Å²) in [6.07, 6.45) is 3.97. The first-order chi connectivity index (χ1) is 9.85. The van der Waals surface area contributed by atoms with Crippen molar-refractivity contribution in [2.45, 2.75) is 31.8 Å². The fraction of sp³-hybridized carbons (Fsp3) is 0.667. The highest BCUT2D eigenvalue weighted by Gasteiger charge is 2.24. The van der Waals surface area contributed by atoms with E-state index in [9.17, 15) is 0 Å². The van der Waals surface area contributed by atoms with Crippen LogP contribution in [0.5, 0.6) is 0 Å². The van der Waals surface area contributed by atoms with Gasteiger partial charge in [0.1, 0.15) is 0 Å². The summed E-state index contributed by atoms with van der Waals surface area (Å²) in [7, 11) is 1.90. The highest BCUT2D eigenvalue weighted by Crippen LogP contribution is 2.19. The number of rotatable bonds is 3. The van der Waals surface area contributed by atoms with Gasteiger partial charge in [-0.15, -0.1) is 35.3 Å². The molecule has 0 spiro atoms. The lowest BCUT2D eigenvalue weighted by atomic mass is 9.93. The zero-order valence-corrected chi connectivity index (χ0v) is 15.8. The quantitative estimate of drug-likeness (QED) is 0.464. The SMILES string of the molecule is CN=C(NC1CCC1)N1CCN(Cc2cccs2)CC1.I. The molecule has 21 heavy (non-hydrogen) atoms. The topological polar surface area (TPSA) is 30.9 Å². The van der Waals surface area contributed by atoms with Crippen molar-refractivity contribution in [1.29, 1.82) is 0 Å². The van der Waals surface area contributed by atoms with Gasteiger partial charge in [0.25, 0.3) is 0 Å². The van der Waals surface area contributed by atoms with Crippen LogP contribution in [0.25, 0.3) is 0 Å². The second kappa shape index (κ2) is 8.33. The fourth-order valence-electron chi connectivity index (χ4n) is 2.77. The second-order valence-corrected chi connectivity index (χ2v) is 6.69. The Morgan fingerprint density at radius 1 is 1.33 bits per heavy atom. The van der Waals surface area contributed by atoms with Gasteiger partial charge in [-0.1, -0.05) is 6.07 Å². The number of nitrogens with zero attached hydrogens (tertiary/aromatic N) is 3. The normalized spacial score (nSPS) is 20.8. The predicted octanol–water partition coefficient (Wildman–Crippen LogP) is 2.61. The van der Waals surface area contributed by atoms with Crippen molar-refractivity contribution >= 4 is 41.3 Å². The van der Waals surface area contributed by atoms with E-state index in [0.717, 1.165) is 38.7 Å². The maximum absolute atomic E-state index is 4.45. The van der Waals surface area contributed by atoms with E-state index in [-0.39, 0.29) is 24.0 Å². The van der Waals surface area contributed by atoms with Gasteiger partial charge >= 0.3 is 0 Å². The van der Waals surface area contributed by atoms with Gasteiger partial charge < -0.3 is 10.2 Å². The summed E-state index contributed by atoms with van der Waals surface area (Å²) in [6.45, 7) is 5.52. The van der Waals surface area contributed by atoms with E-state index in [1.165, 1.54) is 24.1 Å². The Bertz CT molecular complexity index is 437. The maximum Gasteiger partial charge on any atom is 0.193 e. The summed E-state index contributed by atoms with van der Waals surface area (Å²) < 4.78 is 0. The van der Waals surface area contributed by atoms with Gasteiger partial charge in [0.15, 0.2) is 5.96 Å². The van der Waals surface area contributed by atoms with Gasteiger partial charge in [0.2, 0.25) is 0 Å². The van der Waals surface area contributed by atoms with Crippen molar-refractivity contribution in [3.8, 4) is 0 Å². The highest BCUT2D eigenvalue weighted by atomic mass is 127.